The number of thiocarbonyl (C=S) groups is 1. The number of ether oxygens (including phenoxy) is 1. The molecular formula is C22H29FN6O4S3. The summed E-state index contributed by atoms with van der Waals surface area (Å²) in [5, 5.41) is 13.9. The molecule has 196 valence electrons. The van der Waals surface area contributed by atoms with Crippen molar-refractivity contribution in [2.75, 3.05) is 24.3 Å². The van der Waals surface area contributed by atoms with Crippen molar-refractivity contribution in [1.82, 2.24) is 19.8 Å². The summed E-state index contributed by atoms with van der Waals surface area (Å²) in [6.07, 6.45) is 2.83. The third-order valence-corrected chi connectivity index (χ3v) is 9.76. The second-order valence-corrected chi connectivity index (χ2v) is 12.8. The predicted octanol–water partition coefficient (Wildman–Crippen LogP) is 2.32. The Hall–Kier alpha value is -2.29. The Morgan fingerprint density at radius 1 is 1.33 bits per heavy atom. The molecule has 2 aromatic rings. The Kier molecular flexibility index (Phi) is 6.96. The molecule has 0 spiro atoms. The van der Waals surface area contributed by atoms with E-state index in [4.69, 9.17) is 17.0 Å². The molecule has 0 aliphatic heterocycles. The van der Waals surface area contributed by atoms with Crippen LogP contribution >= 0.6 is 23.6 Å². The van der Waals surface area contributed by atoms with Crippen LogP contribution in [0.5, 0.6) is 5.88 Å². The molecule has 36 heavy (non-hydrogen) atoms. The number of aryl methyl sites for hydroxylation is 2. The van der Waals surface area contributed by atoms with Gasteiger partial charge in [0.25, 0.3) is 0 Å². The highest BCUT2D eigenvalue weighted by atomic mass is 32.2. The lowest BCUT2D eigenvalue weighted by Crippen LogP contribution is -2.41. The van der Waals surface area contributed by atoms with Gasteiger partial charge in [0.05, 0.1) is 13.0 Å². The van der Waals surface area contributed by atoms with E-state index in [-0.39, 0.29) is 22.4 Å². The summed E-state index contributed by atoms with van der Waals surface area (Å²) in [5.41, 5.74) is 0.681. The number of amides is 1. The quantitative estimate of drug-likeness (QED) is 0.347. The van der Waals surface area contributed by atoms with Crippen LogP contribution in [0.1, 0.15) is 36.1 Å². The first-order valence-electron chi connectivity index (χ1n) is 11.9. The van der Waals surface area contributed by atoms with Gasteiger partial charge in [0.1, 0.15) is 21.9 Å². The fourth-order valence-corrected chi connectivity index (χ4v) is 7.66. The van der Waals surface area contributed by atoms with Crippen LogP contribution in [-0.4, -0.2) is 55.1 Å². The number of alkyl halides is 1. The number of methoxy groups -OCH3 is 1. The van der Waals surface area contributed by atoms with E-state index in [1.807, 2.05) is 0 Å². The Bertz CT molecular complexity index is 1290. The minimum atomic E-state index is -3.86. The van der Waals surface area contributed by atoms with E-state index in [2.05, 4.69) is 25.8 Å². The van der Waals surface area contributed by atoms with Gasteiger partial charge in [-0.1, -0.05) is 0 Å². The number of carbonyl (C=O) groups excluding carboxylic acids is 1. The SMILES string of the molecule is COc1cc(NC(=S)N[C@H]2CCc3sc(NC(=O)C4CC4F)c(S(=O)(=O)NCC4CC4)c3C2)n(C)n1. The number of aromatic nitrogens is 2. The maximum Gasteiger partial charge on any atom is 0.243 e. The molecule has 0 aromatic carbocycles. The predicted molar refractivity (Wildman–Crippen MR) is 139 cm³/mol. The molecule has 0 bridgehead atoms. The number of fused-ring (bicyclic) bond motifs is 1. The molecule has 2 fully saturated rings. The van der Waals surface area contributed by atoms with Gasteiger partial charge in [-0.05, 0) is 62.2 Å². The normalized spacial score (nSPS) is 23.0. The molecule has 3 atom stereocenters. The number of nitrogens with zero attached hydrogens (tertiary/aromatic N) is 2. The molecule has 0 saturated heterocycles. The minimum Gasteiger partial charge on any atom is -0.480 e. The second-order valence-electron chi connectivity index (χ2n) is 9.54. The average molecular weight is 557 g/mol. The lowest BCUT2D eigenvalue weighted by Gasteiger charge is -2.25. The van der Waals surface area contributed by atoms with E-state index in [1.54, 1.807) is 17.8 Å². The molecule has 1 amide bonds. The van der Waals surface area contributed by atoms with Crippen LogP contribution in [0.25, 0.3) is 0 Å². The zero-order chi connectivity index (χ0) is 25.6. The first-order valence-corrected chi connectivity index (χ1v) is 14.6. The van der Waals surface area contributed by atoms with E-state index in [9.17, 15) is 17.6 Å². The van der Waals surface area contributed by atoms with Gasteiger partial charge in [-0.2, -0.15) is 0 Å². The van der Waals surface area contributed by atoms with Crippen molar-refractivity contribution in [3.63, 3.8) is 0 Å². The fraction of sp³-hybridized carbons (Fsp3) is 0.591. The lowest BCUT2D eigenvalue weighted by molar-refractivity contribution is -0.117. The standard InChI is InChI=1S/C22H29FN6O4S3/c1-29-17(9-18(28-29)33-2)26-22(34)25-12-5-6-16-14(7-12)19(36(31,32)24-10-11-3-4-11)21(35-16)27-20(30)13-8-15(13)23/h9,11-13,15,24H,3-8,10H2,1-2H3,(H,27,30)(H2,25,26,34)/t12-,13?,15?/m0/s1. The van der Waals surface area contributed by atoms with Crippen molar-refractivity contribution >= 4 is 55.4 Å². The Labute approximate surface area is 218 Å². The van der Waals surface area contributed by atoms with Gasteiger partial charge in [-0.3, -0.25) is 4.79 Å². The maximum atomic E-state index is 13.5. The Balaban J connectivity index is 1.34. The number of hydrogen-bond donors (Lipinski definition) is 4. The molecule has 4 N–H and O–H groups in total. The first kappa shape index (κ1) is 25.4. The van der Waals surface area contributed by atoms with Gasteiger partial charge in [0, 0.05) is 30.6 Å². The molecule has 3 aliphatic carbocycles. The monoisotopic (exact) mass is 556 g/mol. The van der Waals surface area contributed by atoms with Crippen molar-refractivity contribution in [2.24, 2.45) is 18.9 Å². The fourth-order valence-electron chi connectivity index (χ4n) is 4.30. The number of thiophene rings is 1. The molecule has 2 saturated carbocycles. The highest BCUT2D eigenvalue weighted by Crippen LogP contribution is 2.43. The molecule has 2 aromatic heterocycles. The smallest absolute Gasteiger partial charge is 0.243 e. The minimum absolute atomic E-state index is 0.106. The topological polar surface area (TPSA) is 126 Å². The van der Waals surface area contributed by atoms with Crippen LogP contribution in [0, 0.1) is 11.8 Å². The number of nitrogens with one attached hydrogen (secondary N) is 4. The highest BCUT2D eigenvalue weighted by Gasteiger charge is 2.44. The number of halogens is 1. The van der Waals surface area contributed by atoms with E-state index < -0.39 is 28.0 Å². The summed E-state index contributed by atoms with van der Waals surface area (Å²) >= 11 is 6.76. The number of sulfonamides is 1. The third kappa shape index (κ3) is 5.50. The van der Waals surface area contributed by atoms with E-state index in [0.29, 0.717) is 47.7 Å². The van der Waals surface area contributed by atoms with Crippen LogP contribution in [0.4, 0.5) is 15.2 Å². The molecule has 3 aliphatic rings. The largest absolute Gasteiger partial charge is 0.480 e. The van der Waals surface area contributed by atoms with E-state index in [1.165, 1.54) is 18.4 Å². The summed E-state index contributed by atoms with van der Waals surface area (Å²) in [5.74, 6) is 0.292. The number of anilines is 2. The first-order chi connectivity index (χ1) is 17.1. The molecule has 5 rings (SSSR count). The summed E-state index contributed by atoms with van der Waals surface area (Å²) in [7, 11) is -0.567. The van der Waals surface area contributed by atoms with Crippen LogP contribution in [0.2, 0.25) is 0 Å². The number of carbonyl (C=O) groups is 1. The zero-order valence-electron chi connectivity index (χ0n) is 20.0. The van der Waals surface area contributed by atoms with Crippen molar-refractivity contribution in [1.29, 1.82) is 0 Å². The summed E-state index contributed by atoms with van der Waals surface area (Å²) in [4.78, 5) is 13.5. The summed E-state index contributed by atoms with van der Waals surface area (Å²) < 4.78 is 49.7. The van der Waals surface area contributed by atoms with Gasteiger partial charge in [0.2, 0.25) is 21.8 Å². The van der Waals surface area contributed by atoms with Gasteiger partial charge < -0.3 is 20.7 Å². The summed E-state index contributed by atoms with van der Waals surface area (Å²) in [6, 6.07) is 1.61. The van der Waals surface area contributed by atoms with Crippen LogP contribution in [0.15, 0.2) is 11.0 Å². The highest BCUT2D eigenvalue weighted by molar-refractivity contribution is 7.90. The number of rotatable bonds is 9. The molecule has 2 unspecified atom stereocenters. The van der Waals surface area contributed by atoms with Crippen LogP contribution in [0.3, 0.4) is 0 Å². The maximum absolute atomic E-state index is 13.5. The van der Waals surface area contributed by atoms with Crippen molar-refractivity contribution in [2.45, 2.75) is 55.6 Å². The number of hydrogen-bond acceptors (Lipinski definition) is 7. The zero-order valence-corrected chi connectivity index (χ0v) is 22.4. The van der Waals surface area contributed by atoms with Crippen LogP contribution in [-0.2, 0) is 34.7 Å². The van der Waals surface area contributed by atoms with Crippen LogP contribution < -0.4 is 25.4 Å². The molecule has 10 nitrogen and oxygen atoms in total. The molecule has 2 heterocycles. The van der Waals surface area contributed by atoms with Crippen molar-refractivity contribution in [3.8, 4) is 5.88 Å². The summed E-state index contributed by atoms with van der Waals surface area (Å²) in [6.45, 7) is 0.374. The van der Waals surface area contributed by atoms with E-state index in [0.717, 1.165) is 24.1 Å². The molecule has 14 heteroatoms. The van der Waals surface area contributed by atoms with E-state index >= 15 is 0 Å². The molecular weight excluding hydrogens is 527 g/mol. The average Bonchev–Trinajstić information content (AvgIpc) is 3.72. The third-order valence-electron chi connectivity index (χ3n) is 6.67. The van der Waals surface area contributed by atoms with Gasteiger partial charge in [-0.15, -0.1) is 16.4 Å². The van der Waals surface area contributed by atoms with Gasteiger partial charge >= 0.3 is 0 Å². The Morgan fingerprint density at radius 2 is 2.08 bits per heavy atom. The van der Waals surface area contributed by atoms with Crippen molar-refractivity contribution < 1.29 is 22.3 Å². The Morgan fingerprint density at radius 3 is 2.72 bits per heavy atom. The van der Waals surface area contributed by atoms with Gasteiger partial charge in [0.15, 0.2) is 5.11 Å². The lowest BCUT2D eigenvalue weighted by atomic mass is 9.94. The molecule has 0 radical (unpaired) electrons. The van der Waals surface area contributed by atoms with Crippen molar-refractivity contribution in [3.05, 3.63) is 16.5 Å². The second kappa shape index (κ2) is 9.88. The van der Waals surface area contributed by atoms with Gasteiger partial charge in [-0.25, -0.2) is 22.2 Å².